The van der Waals surface area contributed by atoms with Gasteiger partial charge in [-0.2, -0.15) is 0 Å². The Bertz CT molecular complexity index is 343. The predicted octanol–water partition coefficient (Wildman–Crippen LogP) is 2.20. The first-order valence-corrected chi connectivity index (χ1v) is 6.15. The van der Waals surface area contributed by atoms with Crippen molar-refractivity contribution >= 4 is 17.9 Å². The molecule has 0 heterocycles. The molecule has 1 rings (SSSR count). The fourth-order valence-corrected chi connectivity index (χ4v) is 2.64. The van der Waals surface area contributed by atoms with Gasteiger partial charge in [-0.05, 0) is 43.8 Å². The lowest BCUT2D eigenvalue weighted by atomic mass is 9.81. The molecule has 0 bridgehead atoms. The number of carbonyl (C=O) groups is 3. The van der Waals surface area contributed by atoms with Crippen LogP contribution < -0.4 is 0 Å². The van der Waals surface area contributed by atoms with Crippen molar-refractivity contribution < 1.29 is 14.4 Å². The molecule has 0 aromatic heterocycles. The van der Waals surface area contributed by atoms with Crippen LogP contribution in [0.3, 0.4) is 0 Å². The van der Waals surface area contributed by atoms with Crippen LogP contribution in [0, 0.1) is 23.7 Å². The zero-order valence-corrected chi connectivity index (χ0v) is 10.7. The van der Waals surface area contributed by atoms with Crippen LogP contribution in [0.15, 0.2) is 12.2 Å². The average Bonchev–Trinajstić information content (AvgIpc) is 2.66. The average molecular weight is 236 g/mol. The molecule has 0 amide bonds. The monoisotopic (exact) mass is 236 g/mol. The van der Waals surface area contributed by atoms with E-state index in [1.807, 2.05) is 6.92 Å². The molecule has 0 aromatic rings. The maximum absolute atomic E-state index is 11.8. The maximum atomic E-state index is 11.8. The molecule has 0 N–H and O–H groups in total. The van der Waals surface area contributed by atoms with Gasteiger partial charge in [0.25, 0.3) is 0 Å². The summed E-state index contributed by atoms with van der Waals surface area (Å²) in [6.45, 7) is 5.33. The van der Waals surface area contributed by atoms with E-state index in [0.717, 1.165) is 19.1 Å². The zero-order chi connectivity index (χ0) is 13.0. The van der Waals surface area contributed by atoms with Gasteiger partial charge in [-0.1, -0.05) is 13.8 Å². The molecular weight excluding hydrogens is 216 g/mol. The highest BCUT2D eigenvalue weighted by Crippen LogP contribution is 2.40. The van der Waals surface area contributed by atoms with Crippen LogP contribution in [-0.2, 0) is 14.4 Å². The molecule has 1 fully saturated rings. The molecule has 17 heavy (non-hydrogen) atoms. The maximum Gasteiger partial charge on any atom is 0.158 e. The highest BCUT2D eigenvalue weighted by Gasteiger charge is 2.38. The van der Waals surface area contributed by atoms with Gasteiger partial charge in [0.05, 0.1) is 0 Å². The van der Waals surface area contributed by atoms with E-state index in [1.165, 1.54) is 19.1 Å². The molecule has 4 atom stereocenters. The second-order valence-electron chi connectivity index (χ2n) is 5.07. The van der Waals surface area contributed by atoms with Crippen molar-refractivity contribution in [3.05, 3.63) is 12.2 Å². The molecule has 1 aliphatic rings. The summed E-state index contributed by atoms with van der Waals surface area (Å²) < 4.78 is 0. The number of carbonyl (C=O) groups excluding carboxylic acids is 3. The molecule has 0 saturated heterocycles. The third-order valence-corrected chi connectivity index (χ3v) is 3.84. The lowest BCUT2D eigenvalue weighted by Crippen LogP contribution is -2.25. The van der Waals surface area contributed by atoms with E-state index >= 15 is 0 Å². The largest absolute Gasteiger partial charge is 0.303 e. The van der Waals surface area contributed by atoms with Crippen molar-refractivity contribution in [3.63, 3.8) is 0 Å². The van der Waals surface area contributed by atoms with E-state index in [9.17, 15) is 14.4 Å². The molecule has 3 heteroatoms. The van der Waals surface area contributed by atoms with Crippen LogP contribution in [0.1, 0.15) is 33.6 Å². The Morgan fingerprint density at radius 3 is 2.41 bits per heavy atom. The van der Waals surface area contributed by atoms with Gasteiger partial charge in [0.1, 0.15) is 6.29 Å². The van der Waals surface area contributed by atoms with Gasteiger partial charge in [-0.25, -0.2) is 0 Å². The minimum atomic E-state index is -0.175. The quantitative estimate of drug-likeness (QED) is 0.543. The predicted molar refractivity (Wildman–Crippen MR) is 65.4 cm³/mol. The first kappa shape index (κ1) is 13.8. The van der Waals surface area contributed by atoms with E-state index in [0.29, 0.717) is 5.92 Å². The van der Waals surface area contributed by atoms with Crippen molar-refractivity contribution in [2.75, 3.05) is 0 Å². The lowest BCUT2D eigenvalue weighted by Gasteiger charge is -2.21. The van der Waals surface area contributed by atoms with Crippen molar-refractivity contribution in [3.8, 4) is 0 Å². The van der Waals surface area contributed by atoms with E-state index in [-0.39, 0.29) is 29.3 Å². The first-order valence-electron chi connectivity index (χ1n) is 6.15. The Balaban J connectivity index is 2.69. The minimum absolute atomic E-state index is 0.0142. The van der Waals surface area contributed by atoms with E-state index < -0.39 is 0 Å². The number of hydrogen-bond donors (Lipinski definition) is 0. The van der Waals surface area contributed by atoms with Crippen LogP contribution in [0.25, 0.3) is 0 Å². The first-order chi connectivity index (χ1) is 7.97. The standard InChI is InChI=1S/C14H20O3/c1-9-4-6-12(13(9)8-15)11(3)14(17)7-5-10(2)16/h5,7-9,11-13H,4,6H2,1-3H3. The molecule has 0 aromatic carbocycles. The summed E-state index contributed by atoms with van der Waals surface area (Å²) in [7, 11) is 0. The van der Waals surface area contributed by atoms with Crippen LogP contribution >= 0.6 is 0 Å². The van der Waals surface area contributed by atoms with Gasteiger partial charge in [-0.15, -0.1) is 0 Å². The summed E-state index contributed by atoms with van der Waals surface area (Å²) in [5, 5.41) is 0. The summed E-state index contributed by atoms with van der Waals surface area (Å²) in [5.41, 5.74) is 0. The Labute approximate surface area is 102 Å². The van der Waals surface area contributed by atoms with Gasteiger partial charge in [0, 0.05) is 11.8 Å². The van der Waals surface area contributed by atoms with Crippen molar-refractivity contribution in [2.24, 2.45) is 23.7 Å². The Morgan fingerprint density at radius 2 is 1.88 bits per heavy atom. The van der Waals surface area contributed by atoms with Crippen LogP contribution in [0.2, 0.25) is 0 Å². The van der Waals surface area contributed by atoms with Crippen LogP contribution in [0.4, 0.5) is 0 Å². The van der Waals surface area contributed by atoms with Crippen LogP contribution in [0.5, 0.6) is 0 Å². The molecule has 0 spiro atoms. The SMILES string of the molecule is CC(=O)C=CC(=O)C(C)C1CCC(C)C1C=O. The normalized spacial score (nSPS) is 30.4. The second kappa shape index (κ2) is 5.89. The third-order valence-electron chi connectivity index (χ3n) is 3.84. The second-order valence-corrected chi connectivity index (χ2v) is 5.07. The minimum Gasteiger partial charge on any atom is -0.303 e. The fourth-order valence-electron chi connectivity index (χ4n) is 2.64. The van der Waals surface area contributed by atoms with Gasteiger partial charge < -0.3 is 4.79 Å². The van der Waals surface area contributed by atoms with E-state index in [2.05, 4.69) is 6.92 Å². The van der Waals surface area contributed by atoms with Crippen molar-refractivity contribution in [1.29, 1.82) is 0 Å². The topological polar surface area (TPSA) is 51.2 Å². The van der Waals surface area contributed by atoms with E-state index in [1.54, 1.807) is 0 Å². The number of hydrogen-bond acceptors (Lipinski definition) is 3. The number of ketones is 2. The Morgan fingerprint density at radius 1 is 1.24 bits per heavy atom. The fraction of sp³-hybridized carbons (Fsp3) is 0.643. The highest BCUT2D eigenvalue weighted by atomic mass is 16.1. The summed E-state index contributed by atoms with van der Waals surface area (Å²) in [4.78, 5) is 33.7. The van der Waals surface area contributed by atoms with Crippen molar-refractivity contribution in [1.82, 2.24) is 0 Å². The summed E-state index contributed by atoms with van der Waals surface area (Å²) in [6, 6.07) is 0. The van der Waals surface area contributed by atoms with Crippen LogP contribution in [-0.4, -0.2) is 17.9 Å². The van der Waals surface area contributed by atoms with Gasteiger partial charge in [0.15, 0.2) is 11.6 Å². The summed E-state index contributed by atoms with van der Waals surface area (Å²) >= 11 is 0. The Hall–Kier alpha value is -1.25. The molecule has 94 valence electrons. The van der Waals surface area contributed by atoms with Gasteiger partial charge in [0.2, 0.25) is 0 Å². The molecular formula is C14H20O3. The number of rotatable bonds is 5. The molecule has 1 aliphatic carbocycles. The smallest absolute Gasteiger partial charge is 0.158 e. The van der Waals surface area contributed by atoms with Gasteiger partial charge >= 0.3 is 0 Å². The molecule has 0 radical (unpaired) electrons. The lowest BCUT2D eigenvalue weighted by molar-refractivity contribution is -0.121. The third kappa shape index (κ3) is 3.35. The summed E-state index contributed by atoms with van der Waals surface area (Å²) in [5.74, 6) is 0.130. The Kier molecular flexibility index (Phi) is 4.79. The van der Waals surface area contributed by atoms with Crippen molar-refractivity contribution in [2.45, 2.75) is 33.6 Å². The summed E-state index contributed by atoms with van der Waals surface area (Å²) in [6.07, 6.45) is 5.55. The molecule has 3 nitrogen and oxygen atoms in total. The van der Waals surface area contributed by atoms with Gasteiger partial charge in [-0.3, -0.25) is 9.59 Å². The van der Waals surface area contributed by atoms with E-state index in [4.69, 9.17) is 0 Å². The number of aldehydes is 1. The molecule has 1 saturated carbocycles. The highest BCUT2D eigenvalue weighted by molar-refractivity contribution is 5.98. The number of allylic oxidation sites excluding steroid dienone is 2. The molecule has 4 unspecified atom stereocenters. The zero-order valence-electron chi connectivity index (χ0n) is 10.7. The molecule has 0 aliphatic heterocycles.